The highest BCUT2D eigenvalue weighted by Gasteiger charge is 2.31. The lowest BCUT2D eigenvalue weighted by atomic mass is 10.2. The number of aromatic nitrogens is 1. The number of thiazole rings is 1. The van der Waals surface area contributed by atoms with Crippen LogP contribution in [0.1, 0.15) is 41.2 Å². The Balaban J connectivity index is 1.41. The molecule has 1 aromatic heterocycles. The average Bonchev–Trinajstić information content (AvgIpc) is 3.29. The molecule has 1 aliphatic carbocycles. The quantitative estimate of drug-likeness (QED) is 0.704. The molecule has 2 N–H and O–H groups in total. The third-order valence-electron chi connectivity index (χ3n) is 4.72. The minimum atomic E-state index is -3.85. The minimum absolute atomic E-state index is 0.0152. The van der Waals surface area contributed by atoms with Gasteiger partial charge in [-0.2, -0.15) is 0 Å². The zero-order valence-electron chi connectivity index (χ0n) is 14.8. The molecular weight excluding hydrogens is 422 g/mol. The van der Waals surface area contributed by atoms with E-state index in [1.54, 1.807) is 0 Å². The van der Waals surface area contributed by atoms with Gasteiger partial charge in [0, 0.05) is 22.9 Å². The largest absolute Gasteiger partial charge is 0.298 e. The minimum Gasteiger partial charge on any atom is -0.298 e. The Morgan fingerprint density at radius 2 is 1.86 bits per heavy atom. The third-order valence-corrected chi connectivity index (χ3v) is 8.80. The molecule has 150 valence electrons. The first kappa shape index (κ1) is 19.5. The molecule has 1 saturated heterocycles. The van der Waals surface area contributed by atoms with Crippen LogP contribution in [0, 0.1) is 0 Å². The maximum Gasteiger partial charge on any atom is 0.257 e. The van der Waals surface area contributed by atoms with E-state index in [9.17, 15) is 21.6 Å². The Hall–Kier alpha value is -1.82. The standard InChI is InChI=1S/C17H19N3O5S3/c21-16(19-17-18-15(9-26-17)11-1-2-11)12-3-5-14(6-4-12)28(24,25)20-13-7-8-27(22,23)10-13/h3-6,9,11,13,20H,1-2,7-8,10H2,(H,18,19,21). The first-order valence-electron chi connectivity index (χ1n) is 8.81. The van der Waals surface area contributed by atoms with Gasteiger partial charge in [-0.05, 0) is 43.5 Å². The van der Waals surface area contributed by atoms with Crippen molar-refractivity contribution in [2.45, 2.75) is 36.1 Å². The summed E-state index contributed by atoms with van der Waals surface area (Å²) in [6.07, 6.45) is 2.53. The average molecular weight is 442 g/mol. The number of amides is 1. The van der Waals surface area contributed by atoms with E-state index in [4.69, 9.17) is 0 Å². The van der Waals surface area contributed by atoms with Crippen LogP contribution < -0.4 is 10.0 Å². The Morgan fingerprint density at radius 1 is 1.14 bits per heavy atom. The number of nitrogens with one attached hydrogen (secondary N) is 2. The first-order valence-corrected chi connectivity index (χ1v) is 13.0. The number of hydrogen-bond donors (Lipinski definition) is 2. The van der Waals surface area contributed by atoms with Crippen LogP contribution >= 0.6 is 11.3 Å². The smallest absolute Gasteiger partial charge is 0.257 e. The van der Waals surface area contributed by atoms with Gasteiger partial charge in [-0.3, -0.25) is 10.1 Å². The number of sulfonamides is 1. The molecule has 2 heterocycles. The summed E-state index contributed by atoms with van der Waals surface area (Å²) in [4.78, 5) is 16.7. The van der Waals surface area contributed by atoms with Gasteiger partial charge < -0.3 is 0 Å². The van der Waals surface area contributed by atoms with E-state index in [0.29, 0.717) is 16.6 Å². The van der Waals surface area contributed by atoms with E-state index in [1.165, 1.54) is 35.6 Å². The number of benzene rings is 1. The van der Waals surface area contributed by atoms with E-state index in [1.807, 2.05) is 5.38 Å². The number of nitrogens with zero attached hydrogens (tertiary/aromatic N) is 1. The third kappa shape index (κ3) is 4.43. The van der Waals surface area contributed by atoms with Gasteiger partial charge in [0.05, 0.1) is 22.1 Å². The second kappa shape index (κ2) is 7.21. The topological polar surface area (TPSA) is 122 Å². The molecule has 28 heavy (non-hydrogen) atoms. The van der Waals surface area contributed by atoms with Crippen molar-refractivity contribution in [3.8, 4) is 0 Å². The Bertz CT molecular complexity index is 1100. The molecule has 4 rings (SSSR count). The molecule has 2 aromatic rings. The molecule has 1 amide bonds. The van der Waals surface area contributed by atoms with Gasteiger partial charge >= 0.3 is 0 Å². The molecule has 1 unspecified atom stereocenters. The van der Waals surface area contributed by atoms with Crippen LogP contribution in [0.2, 0.25) is 0 Å². The summed E-state index contributed by atoms with van der Waals surface area (Å²) in [6.45, 7) is 0. The zero-order valence-corrected chi connectivity index (χ0v) is 17.2. The van der Waals surface area contributed by atoms with Gasteiger partial charge in [-0.15, -0.1) is 11.3 Å². The molecule has 2 aliphatic rings. The van der Waals surface area contributed by atoms with E-state index >= 15 is 0 Å². The number of hydrogen-bond acceptors (Lipinski definition) is 7. The summed E-state index contributed by atoms with van der Waals surface area (Å²) in [5, 5.41) is 5.19. The fourth-order valence-corrected chi connectivity index (χ4v) is 6.88. The number of rotatable bonds is 6. The van der Waals surface area contributed by atoms with Gasteiger partial charge in [0.15, 0.2) is 15.0 Å². The van der Waals surface area contributed by atoms with Gasteiger partial charge in [0.25, 0.3) is 5.91 Å². The fraction of sp³-hybridized carbons (Fsp3) is 0.412. The molecule has 8 nitrogen and oxygen atoms in total. The summed E-state index contributed by atoms with van der Waals surface area (Å²) >= 11 is 1.37. The van der Waals surface area contributed by atoms with Crippen molar-refractivity contribution in [1.29, 1.82) is 0 Å². The molecule has 0 radical (unpaired) electrons. The summed E-state index contributed by atoms with van der Waals surface area (Å²) in [7, 11) is -7.03. The molecule has 0 bridgehead atoms. The predicted octanol–water partition coefficient (Wildman–Crippen LogP) is 1.74. The Morgan fingerprint density at radius 3 is 2.46 bits per heavy atom. The van der Waals surface area contributed by atoms with Crippen molar-refractivity contribution in [3.63, 3.8) is 0 Å². The van der Waals surface area contributed by atoms with Crippen LogP contribution in [0.5, 0.6) is 0 Å². The summed E-state index contributed by atoms with van der Waals surface area (Å²) in [5.41, 5.74) is 1.31. The number of carbonyl (C=O) groups is 1. The van der Waals surface area contributed by atoms with Crippen molar-refractivity contribution in [1.82, 2.24) is 9.71 Å². The molecular formula is C17H19N3O5S3. The summed E-state index contributed by atoms with van der Waals surface area (Å²) in [6, 6.07) is 4.88. The second-order valence-electron chi connectivity index (χ2n) is 7.05. The lowest BCUT2D eigenvalue weighted by Gasteiger charge is -2.12. The lowest BCUT2D eigenvalue weighted by molar-refractivity contribution is 0.102. The molecule has 1 aliphatic heterocycles. The number of carbonyl (C=O) groups excluding carboxylic acids is 1. The SMILES string of the molecule is O=C(Nc1nc(C2CC2)cs1)c1ccc(S(=O)(=O)NC2CCS(=O)(=O)C2)cc1. The second-order valence-corrected chi connectivity index (χ2v) is 11.9. The van der Waals surface area contributed by atoms with Gasteiger partial charge in [-0.1, -0.05) is 0 Å². The molecule has 1 aromatic carbocycles. The summed E-state index contributed by atoms with van der Waals surface area (Å²) < 4.78 is 50.3. The van der Waals surface area contributed by atoms with Gasteiger partial charge in [0.1, 0.15) is 0 Å². The van der Waals surface area contributed by atoms with Crippen molar-refractivity contribution in [3.05, 3.63) is 40.9 Å². The van der Waals surface area contributed by atoms with Crippen molar-refractivity contribution in [2.75, 3.05) is 16.8 Å². The van der Waals surface area contributed by atoms with E-state index in [2.05, 4.69) is 15.0 Å². The zero-order chi connectivity index (χ0) is 19.9. The van der Waals surface area contributed by atoms with Gasteiger partial charge in [0.2, 0.25) is 10.0 Å². The normalized spacial score (nSPS) is 21.5. The van der Waals surface area contributed by atoms with Crippen LogP contribution in [-0.4, -0.2) is 45.3 Å². The van der Waals surface area contributed by atoms with Crippen LogP contribution in [0.25, 0.3) is 0 Å². The van der Waals surface area contributed by atoms with E-state index in [0.717, 1.165) is 18.5 Å². The molecule has 11 heteroatoms. The van der Waals surface area contributed by atoms with Crippen molar-refractivity contribution in [2.24, 2.45) is 0 Å². The van der Waals surface area contributed by atoms with Crippen LogP contribution in [-0.2, 0) is 19.9 Å². The number of sulfone groups is 1. The maximum atomic E-state index is 12.4. The molecule has 1 atom stereocenters. The Kier molecular flexibility index (Phi) is 5.02. The molecule has 2 fully saturated rings. The maximum absolute atomic E-state index is 12.4. The molecule has 0 spiro atoms. The first-order chi connectivity index (χ1) is 13.2. The van der Waals surface area contributed by atoms with Crippen LogP contribution in [0.3, 0.4) is 0 Å². The van der Waals surface area contributed by atoms with E-state index in [-0.39, 0.29) is 28.7 Å². The lowest BCUT2D eigenvalue weighted by Crippen LogP contribution is -2.35. The van der Waals surface area contributed by atoms with Crippen LogP contribution in [0.15, 0.2) is 34.5 Å². The van der Waals surface area contributed by atoms with Crippen molar-refractivity contribution >= 4 is 42.2 Å². The predicted molar refractivity (Wildman–Crippen MR) is 106 cm³/mol. The van der Waals surface area contributed by atoms with Crippen LogP contribution in [0.4, 0.5) is 5.13 Å². The highest BCUT2D eigenvalue weighted by molar-refractivity contribution is 7.92. The number of anilines is 1. The van der Waals surface area contributed by atoms with E-state index < -0.39 is 25.9 Å². The molecule has 1 saturated carbocycles. The van der Waals surface area contributed by atoms with Gasteiger partial charge in [-0.25, -0.2) is 26.5 Å². The monoisotopic (exact) mass is 441 g/mol. The fourth-order valence-electron chi connectivity index (χ4n) is 3.04. The van der Waals surface area contributed by atoms with Crippen molar-refractivity contribution < 1.29 is 21.6 Å². The Labute approximate surface area is 167 Å². The summed E-state index contributed by atoms with van der Waals surface area (Å²) in [5.74, 6) is -0.0636. The highest BCUT2D eigenvalue weighted by Crippen LogP contribution is 2.40. The highest BCUT2D eigenvalue weighted by atomic mass is 32.2.